The summed E-state index contributed by atoms with van der Waals surface area (Å²) in [7, 11) is 0. The lowest BCUT2D eigenvalue weighted by Crippen LogP contribution is -2.01. The second kappa shape index (κ2) is 4.80. The van der Waals surface area contributed by atoms with Gasteiger partial charge in [-0.05, 0) is 28.9 Å². The lowest BCUT2D eigenvalue weighted by atomic mass is 10.2. The molecular formula is C10H9BrN2O2. The van der Waals surface area contributed by atoms with Crippen LogP contribution >= 0.6 is 15.9 Å². The summed E-state index contributed by atoms with van der Waals surface area (Å²) in [6.07, 6.45) is 5.11. The highest BCUT2D eigenvalue weighted by Crippen LogP contribution is 2.30. The lowest BCUT2D eigenvalue weighted by molar-refractivity contribution is -0.385. The number of nitrogens with zero attached hydrogens (tertiary/aromatic N) is 1. The van der Waals surface area contributed by atoms with Gasteiger partial charge >= 0.3 is 0 Å². The van der Waals surface area contributed by atoms with E-state index in [1.54, 1.807) is 13.0 Å². The number of hydrogen-bond donors (Lipinski definition) is 1. The summed E-state index contributed by atoms with van der Waals surface area (Å²) in [5.41, 5.74) is 1.45. The molecule has 0 saturated heterocycles. The average molecular weight is 269 g/mol. The summed E-state index contributed by atoms with van der Waals surface area (Å²) < 4.78 is 0.634. The van der Waals surface area contributed by atoms with E-state index in [1.807, 2.05) is 0 Å². The summed E-state index contributed by atoms with van der Waals surface area (Å²) in [4.78, 5) is 10.2. The predicted molar refractivity (Wildman–Crippen MR) is 62.9 cm³/mol. The first kappa shape index (κ1) is 11.5. The third-order valence-electron chi connectivity index (χ3n) is 1.86. The molecule has 1 aromatic rings. The van der Waals surface area contributed by atoms with Crippen molar-refractivity contribution >= 4 is 27.3 Å². The van der Waals surface area contributed by atoms with Crippen LogP contribution < -0.4 is 5.32 Å². The molecule has 0 fully saturated rings. The van der Waals surface area contributed by atoms with Crippen molar-refractivity contribution in [2.24, 2.45) is 0 Å². The van der Waals surface area contributed by atoms with Crippen LogP contribution in [0.3, 0.4) is 0 Å². The molecule has 15 heavy (non-hydrogen) atoms. The molecule has 0 aromatic heterocycles. The maximum Gasteiger partial charge on any atom is 0.273 e. The third kappa shape index (κ3) is 2.70. The Morgan fingerprint density at radius 3 is 2.87 bits per heavy atom. The zero-order valence-electron chi connectivity index (χ0n) is 8.08. The smallest absolute Gasteiger partial charge is 0.273 e. The van der Waals surface area contributed by atoms with Gasteiger partial charge in [0.2, 0.25) is 0 Å². The Bertz CT molecular complexity index is 438. The highest BCUT2D eigenvalue weighted by atomic mass is 79.9. The number of nitrogens with one attached hydrogen (secondary N) is 1. The number of nitro benzene ring substituents is 1. The lowest BCUT2D eigenvalue weighted by Gasteiger charge is -2.07. The van der Waals surface area contributed by atoms with Gasteiger partial charge in [-0.3, -0.25) is 10.1 Å². The standard InChI is InChI=1S/C10H9BrN2O2/c1-3-4-12-9-5-7(2)10(13(14)15)6-8(9)11/h1,5-6,12H,4H2,2H3. The van der Waals surface area contributed by atoms with Crippen molar-refractivity contribution in [1.82, 2.24) is 0 Å². The molecule has 0 aliphatic rings. The van der Waals surface area contributed by atoms with Gasteiger partial charge < -0.3 is 5.32 Å². The van der Waals surface area contributed by atoms with Crippen LogP contribution in [0.1, 0.15) is 5.56 Å². The van der Waals surface area contributed by atoms with Crippen molar-refractivity contribution in [1.29, 1.82) is 0 Å². The normalized spacial score (nSPS) is 9.40. The number of rotatable bonds is 3. The molecule has 0 atom stereocenters. The SMILES string of the molecule is C#CCNc1cc(C)c([N+](=O)[O-])cc1Br. The largest absolute Gasteiger partial charge is 0.373 e. The number of anilines is 1. The summed E-state index contributed by atoms with van der Waals surface area (Å²) in [6.45, 7) is 2.07. The fourth-order valence-electron chi connectivity index (χ4n) is 1.15. The molecule has 1 rings (SSSR count). The van der Waals surface area contributed by atoms with Gasteiger partial charge in [0.15, 0.2) is 0 Å². The molecule has 0 aliphatic carbocycles. The number of terminal acetylenes is 1. The van der Waals surface area contributed by atoms with Crippen molar-refractivity contribution in [3.8, 4) is 12.3 Å². The van der Waals surface area contributed by atoms with Gasteiger partial charge in [0.05, 0.1) is 11.5 Å². The summed E-state index contributed by atoms with van der Waals surface area (Å²) in [6, 6.07) is 3.16. The number of halogens is 1. The number of benzene rings is 1. The van der Waals surface area contributed by atoms with E-state index in [0.717, 1.165) is 5.69 Å². The van der Waals surface area contributed by atoms with Crippen molar-refractivity contribution < 1.29 is 4.92 Å². The maximum atomic E-state index is 10.6. The van der Waals surface area contributed by atoms with Crippen LogP contribution in [0.15, 0.2) is 16.6 Å². The molecule has 0 heterocycles. The minimum atomic E-state index is -0.412. The highest BCUT2D eigenvalue weighted by Gasteiger charge is 2.13. The van der Waals surface area contributed by atoms with Crippen LogP contribution in [0.2, 0.25) is 0 Å². The summed E-state index contributed by atoms with van der Waals surface area (Å²) in [5, 5.41) is 13.6. The first-order valence-electron chi connectivity index (χ1n) is 4.18. The quantitative estimate of drug-likeness (QED) is 0.521. The molecule has 1 aromatic carbocycles. The van der Waals surface area contributed by atoms with Gasteiger partial charge in [-0.2, -0.15) is 0 Å². The second-order valence-electron chi connectivity index (χ2n) is 2.93. The Morgan fingerprint density at radius 1 is 1.67 bits per heavy atom. The van der Waals surface area contributed by atoms with E-state index in [4.69, 9.17) is 6.42 Å². The topological polar surface area (TPSA) is 55.2 Å². The molecule has 0 unspecified atom stereocenters. The van der Waals surface area contributed by atoms with Crippen LogP contribution in [-0.2, 0) is 0 Å². The van der Waals surface area contributed by atoms with E-state index in [-0.39, 0.29) is 5.69 Å². The minimum Gasteiger partial charge on any atom is -0.373 e. The van der Waals surface area contributed by atoms with E-state index < -0.39 is 4.92 Å². The number of hydrogen-bond acceptors (Lipinski definition) is 3. The first-order valence-corrected chi connectivity index (χ1v) is 4.97. The van der Waals surface area contributed by atoms with E-state index in [0.29, 0.717) is 16.6 Å². The van der Waals surface area contributed by atoms with Crippen LogP contribution in [-0.4, -0.2) is 11.5 Å². The average Bonchev–Trinajstić information content (AvgIpc) is 2.18. The van der Waals surface area contributed by atoms with Crippen molar-refractivity contribution in [3.05, 3.63) is 32.3 Å². The van der Waals surface area contributed by atoms with E-state index in [1.165, 1.54) is 6.07 Å². The number of aryl methyl sites for hydroxylation is 1. The van der Waals surface area contributed by atoms with Gasteiger partial charge in [-0.1, -0.05) is 5.92 Å². The van der Waals surface area contributed by atoms with Gasteiger partial charge in [-0.25, -0.2) is 0 Å². The molecule has 4 nitrogen and oxygen atoms in total. The highest BCUT2D eigenvalue weighted by molar-refractivity contribution is 9.10. The Balaban J connectivity index is 3.09. The molecule has 0 radical (unpaired) electrons. The van der Waals surface area contributed by atoms with Gasteiger partial charge in [0.25, 0.3) is 5.69 Å². The van der Waals surface area contributed by atoms with Gasteiger partial charge in [0.1, 0.15) is 0 Å². The van der Waals surface area contributed by atoms with Crippen molar-refractivity contribution in [3.63, 3.8) is 0 Å². The van der Waals surface area contributed by atoms with E-state index >= 15 is 0 Å². The second-order valence-corrected chi connectivity index (χ2v) is 3.79. The molecule has 0 amide bonds. The molecular weight excluding hydrogens is 260 g/mol. The van der Waals surface area contributed by atoms with Gasteiger partial charge in [-0.15, -0.1) is 6.42 Å². The van der Waals surface area contributed by atoms with Crippen molar-refractivity contribution in [2.45, 2.75) is 6.92 Å². The van der Waals surface area contributed by atoms with Crippen molar-refractivity contribution in [2.75, 3.05) is 11.9 Å². The Morgan fingerprint density at radius 2 is 2.33 bits per heavy atom. The zero-order chi connectivity index (χ0) is 11.4. The molecule has 0 aliphatic heterocycles. The number of nitro groups is 1. The van der Waals surface area contributed by atoms with Gasteiger partial charge in [0, 0.05) is 21.8 Å². The van der Waals surface area contributed by atoms with Crippen LogP contribution in [0.4, 0.5) is 11.4 Å². The minimum absolute atomic E-state index is 0.0909. The molecule has 0 bridgehead atoms. The van der Waals surface area contributed by atoms with E-state index in [2.05, 4.69) is 27.2 Å². The van der Waals surface area contributed by atoms with Crippen LogP contribution in [0.25, 0.3) is 0 Å². The van der Waals surface area contributed by atoms with Crippen LogP contribution in [0.5, 0.6) is 0 Å². The Labute approximate surface area is 96.0 Å². The molecule has 78 valence electrons. The molecule has 5 heteroatoms. The zero-order valence-corrected chi connectivity index (χ0v) is 9.67. The Hall–Kier alpha value is -1.54. The third-order valence-corrected chi connectivity index (χ3v) is 2.52. The molecule has 0 saturated carbocycles. The predicted octanol–water partition coefficient (Wildman–Crippen LogP) is 2.71. The fraction of sp³-hybridized carbons (Fsp3) is 0.200. The molecule has 0 spiro atoms. The van der Waals surface area contributed by atoms with Crippen LogP contribution in [0, 0.1) is 29.4 Å². The Kier molecular flexibility index (Phi) is 3.69. The molecule has 1 N–H and O–H groups in total. The first-order chi connectivity index (χ1) is 7.06. The van der Waals surface area contributed by atoms with E-state index in [9.17, 15) is 10.1 Å². The summed E-state index contributed by atoms with van der Waals surface area (Å²) >= 11 is 3.24. The fourth-order valence-corrected chi connectivity index (χ4v) is 1.62. The summed E-state index contributed by atoms with van der Waals surface area (Å²) in [5.74, 6) is 2.43. The maximum absolute atomic E-state index is 10.6. The monoisotopic (exact) mass is 268 g/mol.